The predicted molar refractivity (Wildman–Crippen MR) is 379 cm³/mol. The fourth-order valence-electron chi connectivity index (χ4n) is 13.1. The van der Waals surface area contributed by atoms with Crippen molar-refractivity contribution in [3.63, 3.8) is 0 Å². The highest BCUT2D eigenvalue weighted by atomic mass is 32.2. The molecule has 1 N–H and O–H groups in total. The van der Waals surface area contributed by atoms with E-state index in [-0.39, 0.29) is 27.0 Å². The summed E-state index contributed by atoms with van der Waals surface area (Å²) in [7, 11) is 0. The van der Waals surface area contributed by atoms with Gasteiger partial charge in [0.05, 0.1) is 27.5 Å². The van der Waals surface area contributed by atoms with Crippen LogP contribution in [0.2, 0.25) is 0 Å². The van der Waals surface area contributed by atoms with E-state index in [2.05, 4.69) is 327 Å². The van der Waals surface area contributed by atoms with E-state index in [1.807, 2.05) is 6.07 Å². The molecule has 0 fully saturated rings. The summed E-state index contributed by atoms with van der Waals surface area (Å²) in [6.07, 6.45) is 0. The van der Waals surface area contributed by atoms with E-state index in [0.29, 0.717) is 0 Å². The van der Waals surface area contributed by atoms with Gasteiger partial charge in [-0.25, -0.2) is 0 Å². The summed E-state index contributed by atoms with van der Waals surface area (Å²) in [6, 6.07) is 86.5. The van der Waals surface area contributed by atoms with Gasteiger partial charge in [-0.3, -0.25) is 5.43 Å². The molecular weight excluding hydrogens is 1120 g/mol. The van der Waals surface area contributed by atoms with Crippen LogP contribution in [0.1, 0.15) is 144 Å². The first kappa shape index (κ1) is 57.9. The molecule has 13 aromatic rings. The minimum absolute atomic E-state index is 0.00720. The molecule has 0 saturated carbocycles. The van der Waals surface area contributed by atoms with Crippen molar-refractivity contribution in [1.29, 1.82) is 0 Å². The standard InChI is InChI=1S/C81H76N6S2/c1-77(2,3)59-35-43-69-65(47-59)66-48-60(78(4,5)6)36-44-70(66)86(69)63-39-31-57(32-40-63)81(55-27-23-53(24-28-55)75-84-82-73(88-75)51-19-15-13-16-20-51,56-29-25-54(26-30-56)76-85-83-74(89-76)52-21-17-14-18-22-52)58-33-41-64(42-34-58)87-71-45-37-61(79(7,8)9)49-67(71)68-50-62(80(10,11)12)38-46-72(68)87/h13-50,73,82H,1-12H3. The van der Waals surface area contributed by atoms with Crippen LogP contribution < -0.4 is 5.43 Å². The lowest BCUT2D eigenvalue weighted by molar-refractivity contribution is 0.590. The van der Waals surface area contributed by atoms with E-state index < -0.39 is 5.41 Å². The third-order valence-corrected chi connectivity index (χ3v) is 20.5. The molecule has 14 rings (SSSR count). The summed E-state index contributed by atoms with van der Waals surface area (Å²) in [5.74, 6) is 0. The first-order valence-corrected chi connectivity index (χ1v) is 32.9. The number of rotatable bonds is 10. The molecule has 0 amide bonds. The molecular formula is C81H76N6S2. The zero-order valence-electron chi connectivity index (χ0n) is 53.1. The van der Waals surface area contributed by atoms with E-state index in [9.17, 15) is 0 Å². The van der Waals surface area contributed by atoms with Crippen LogP contribution in [0.25, 0.3) is 76.1 Å². The Morgan fingerprint density at radius 2 is 0.652 bits per heavy atom. The molecule has 1 aliphatic heterocycles. The van der Waals surface area contributed by atoms with Crippen molar-refractivity contribution >= 4 is 71.8 Å². The first-order chi connectivity index (χ1) is 42.6. The minimum atomic E-state index is -0.825. The molecule has 0 spiro atoms. The number of hydrogen-bond donors (Lipinski definition) is 1. The molecule has 442 valence electrons. The molecule has 10 aromatic carbocycles. The summed E-state index contributed by atoms with van der Waals surface area (Å²) in [4.78, 5) is 0. The minimum Gasteiger partial charge on any atom is -0.309 e. The monoisotopic (exact) mass is 1200 g/mol. The van der Waals surface area contributed by atoms with Crippen LogP contribution in [-0.2, 0) is 27.1 Å². The van der Waals surface area contributed by atoms with Gasteiger partial charge >= 0.3 is 0 Å². The van der Waals surface area contributed by atoms with Gasteiger partial charge in [-0.05, 0) is 145 Å². The van der Waals surface area contributed by atoms with Gasteiger partial charge in [0.2, 0.25) is 0 Å². The Kier molecular flexibility index (Phi) is 14.1. The second-order valence-electron chi connectivity index (χ2n) is 28.3. The SMILES string of the molecule is CC(C)(C)c1ccc2c(c1)c1cc(C(C)(C)C)ccc1n2-c1ccc(C(c2ccc(C3=NNC(c4ccccc4)S3)cc2)(c2ccc(-c3nnc(-c4ccccc4)s3)cc2)c2ccc(-n3c4ccc(C(C)(C)C)cc4c4cc(C(C)(C)C)ccc43)cc2)cc1. The summed E-state index contributed by atoms with van der Waals surface area (Å²) >= 11 is 3.37. The van der Waals surface area contributed by atoms with Gasteiger partial charge in [-0.15, -0.1) is 10.2 Å². The van der Waals surface area contributed by atoms with Crippen LogP contribution in [0.15, 0.2) is 236 Å². The van der Waals surface area contributed by atoms with Crippen LogP contribution in [0.3, 0.4) is 0 Å². The van der Waals surface area contributed by atoms with Crippen molar-refractivity contribution in [3.05, 3.63) is 286 Å². The zero-order valence-corrected chi connectivity index (χ0v) is 54.7. The molecule has 0 radical (unpaired) electrons. The molecule has 0 aliphatic carbocycles. The van der Waals surface area contributed by atoms with Crippen molar-refractivity contribution < 1.29 is 0 Å². The van der Waals surface area contributed by atoms with Crippen LogP contribution >= 0.6 is 23.1 Å². The van der Waals surface area contributed by atoms with E-state index in [1.165, 1.54) is 71.4 Å². The van der Waals surface area contributed by atoms with Gasteiger partial charge in [0.15, 0.2) is 0 Å². The Balaban J connectivity index is 0.975. The van der Waals surface area contributed by atoms with Gasteiger partial charge in [0, 0.05) is 49.6 Å². The lowest BCUT2D eigenvalue weighted by Gasteiger charge is -2.37. The third kappa shape index (κ3) is 10.4. The Morgan fingerprint density at radius 1 is 0.337 bits per heavy atom. The fourth-order valence-corrected chi connectivity index (χ4v) is 15.0. The zero-order chi connectivity index (χ0) is 61.8. The number of nitrogens with zero attached hydrogens (tertiary/aromatic N) is 5. The van der Waals surface area contributed by atoms with Gasteiger partial charge in [0.1, 0.15) is 20.4 Å². The maximum absolute atomic E-state index is 4.93. The molecule has 0 bridgehead atoms. The molecule has 1 unspecified atom stereocenters. The highest BCUT2D eigenvalue weighted by Crippen LogP contribution is 2.49. The summed E-state index contributed by atoms with van der Waals surface area (Å²) < 4.78 is 4.94. The van der Waals surface area contributed by atoms with Gasteiger partial charge in [-0.1, -0.05) is 264 Å². The van der Waals surface area contributed by atoms with Crippen molar-refractivity contribution in [2.45, 2.75) is 116 Å². The van der Waals surface area contributed by atoms with Crippen LogP contribution in [-0.4, -0.2) is 24.4 Å². The third-order valence-electron chi connectivity index (χ3n) is 18.3. The van der Waals surface area contributed by atoms with Gasteiger partial charge in [-0.2, -0.15) is 5.10 Å². The average Bonchev–Trinajstić information content (AvgIpc) is 1.75. The lowest BCUT2D eigenvalue weighted by Crippen LogP contribution is -2.31. The number of nitrogens with one attached hydrogen (secondary N) is 1. The summed E-state index contributed by atoms with van der Waals surface area (Å²) in [5, 5.41) is 22.2. The lowest BCUT2D eigenvalue weighted by atomic mass is 9.65. The number of hydrogen-bond acceptors (Lipinski definition) is 6. The van der Waals surface area contributed by atoms with Crippen molar-refractivity contribution in [1.82, 2.24) is 24.8 Å². The largest absolute Gasteiger partial charge is 0.309 e. The normalized spacial score (nSPS) is 14.3. The van der Waals surface area contributed by atoms with Crippen LogP contribution in [0, 0.1) is 0 Å². The first-order valence-electron chi connectivity index (χ1n) is 31.2. The quantitative estimate of drug-likeness (QED) is 0.139. The van der Waals surface area contributed by atoms with Crippen LogP contribution in [0.5, 0.6) is 0 Å². The Bertz CT molecular complexity index is 4490. The summed E-state index contributed by atoms with van der Waals surface area (Å²) in [5.41, 5.74) is 23.7. The maximum atomic E-state index is 4.93. The second kappa shape index (κ2) is 21.7. The molecule has 1 aliphatic rings. The Morgan fingerprint density at radius 3 is 1.01 bits per heavy atom. The Labute approximate surface area is 532 Å². The number of thioether (sulfide) groups is 1. The van der Waals surface area contributed by atoms with E-state index in [4.69, 9.17) is 10.2 Å². The van der Waals surface area contributed by atoms with Crippen molar-refractivity contribution in [2.75, 3.05) is 0 Å². The number of hydrazone groups is 1. The van der Waals surface area contributed by atoms with Gasteiger partial charge in [0.25, 0.3) is 0 Å². The molecule has 4 heterocycles. The van der Waals surface area contributed by atoms with Crippen molar-refractivity contribution in [3.8, 4) is 32.5 Å². The van der Waals surface area contributed by atoms with Crippen LogP contribution in [0.4, 0.5) is 0 Å². The molecule has 3 aromatic heterocycles. The molecule has 8 heteroatoms. The maximum Gasteiger partial charge on any atom is 0.148 e. The van der Waals surface area contributed by atoms with E-state index in [1.54, 1.807) is 23.1 Å². The predicted octanol–water partition coefficient (Wildman–Crippen LogP) is 21.3. The van der Waals surface area contributed by atoms with Gasteiger partial charge < -0.3 is 9.13 Å². The fraction of sp³-hybridized carbons (Fsp3) is 0.222. The number of benzene rings is 10. The number of aromatic nitrogens is 4. The average molecular weight is 1200 g/mol. The smallest absolute Gasteiger partial charge is 0.148 e. The molecule has 1 atom stereocenters. The highest BCUT2D eigenvalue weighted by molar-refractivity contribution is 8.14. The number of fused-ring (bicyclic) bond motifs is 6. The highest BCUT2D eigenvalue weighted by Gasteiger charge is 2.39. The molecule has 6 nitrogen and oxygen atoms in total. The topological polar surface area (TPSA) is 60.0 Å². The Hall–Kier alpha value is -8.82. The van der Waals surface area contributed by atoms with Crippen molar-refractivity contribution in [2.24, 2.45) is 5.10 Å². The second-order valence-corrected chi connectivity index (χ2v) is 30.4. The van der Waals surface area contributed by atoms with E-state index >= 15 is 0 Å². The molecule has 0 saturated heterocycles. The molecule has 89 heavy (non-hydrogen) atoms. The van der Waals surface area contributed by atoms with E-state index in [0.717, 1.165) is 65.4 Å². The summed E-state index contributed by atoms with van der Waals surface area (Å²) in [6.45, 7) is 27.7.